The molecule has 4 heteroatoms. The quantitative estimate of drug-likeness (QED) is 0.938. The summed E-state index contributed by atoms with van der Waals surface area (Å²) in [6, 6.07) is 9.24. The summed E-state index contributed by atoms with van der Waals surface area (Å²) in [7, 11) is 1.91. The van der Waals surface area contributed by atoms with Crippen LogP contribution in [-0.4, -0.2) is 21.3 Å². The lowest BCUT2D eigenvalue weighted by Crippen LogP contribution is -2.39. The standard InChI is InChI=1S/C17H24N4/c1-17(2)10-8-13-6-4-5-7-14(13)16(17)18-11-9-15-19-12-21(3)20-15/h4-7,12,16,18H,8-11H2,1-3H3. The van der Waals surface area contributed by atoms with Crippen LogP contribution < -0.4 is 5.32 Å². The van der Waals surface area contributed by atoms with Crippen molar-refractivity contribution >= 4 is 0 Å². The van der Waals surface area contributed by atoms with Crippen LogP contribution in [0.15, 0.2) is 30.6 Å². The average molecular weight is 284 g/mol. The van der Waals surface area contributed by atoms with Crippen molar-refractivity contribution in [1.29, 1.82) is 0 Å². The van der Waals surface area contributed by atoms with Gasteiger partial charge in [0.25, 0.3) is 0 Å². The smallest absolute Gasteiger partial charge is 0.151 e. The molecule has 1 aromatic heterocycles. The van der Waals surface area contributed by atoms with Crippen LogP contribution in [0.3, 0.4) is 0 Å². The largest absolute Gasteiger partial charge is 0.309 e. The number of nitrogens with one attached hydrogen (secondary N) is 1. The molecule has 1 unspecified atom stereocenters. The molecular weight excluding hydrogens is 260 g/mol. The molecule has 21 heavy (non-hydrogen) atoms. The molecule has 1 atom stereocenters. The van der Waals surface area contributed by atoms with Crippen molar-refractivity contribution in [3.8, 4) is 0 Å². The van der Waals surface area contributed by atoms with E-state index in [-0.39, 0.29) is 5.41 Å². The zero-order valence-corrected chi connectivity index (χ0v) is 13.1. The summed E-state index contributed by atoms with van der Waals surface area (Å²) in [5, 5.41) is 8.08. The van der Waals surface area contributed by atoms with Crippen LogP contribution in [0.25, 0.3) is 0 Å². The molecule has 112 valence electrons. The minimum absolute atomic E-state index is 0.284. The van der Waals surface area contributed by atoms with E-state index < -0.39 is 0 Å². The number of hydrogen-bond acceptors (Lipinski definition) is 3. The molecule has 1 aromatic carbocycles. The summed E-state index contributed by atoms with van der Waals surface area (Å²) in [6.07, 6.45) is 5.04. The highest BCUT2D eigenvalue weighted by atomic mass is 15.3. The lowest BCUT2D eigenvalue weighted by Gasteiger charge is -2.40. The zero-order chi connectivity index (χ0) is 14.9. The Morgan fingerprint density at radius 1 is 1.33 bits per heavy atom. The van der Waals surface area contributed by atoms with Gasteiger partial charge in [0.2, 0.25) is 0 Å². The third-order valence-corrected chi connectivity index (χ3v) is 4.53. The van der Waals surface area contributed by atoms with Crippen molar-refractivity contribution in [3.05, 3.63) is 47.5 Å². The fourth-order valence-electron chi connectivity index (χ4n) is 3.28. The van der Waals surface area contributed by atoms with Crippen molar-refractivity contribution in [2.45, 2.75) is 39.2 Å². The zero-order valence-electron chi connectivity index (χ0n) is 13.1. The van der Waals surface area contributed by atoms with Gasteiger partial charge in [0.15, 0.2) is 5.82 Å². The average Bonchev–Trinajstić information content (AvgIpc) is 2.87. The molecule has 2 aromatic rings. The predicted molar refractivity (Wildman–Crippen MR) is 84.0 cm³/mol. The Balaban J connectivity index is 1.70. The Hall–Kier alpha value is -1.68. The third-order valence-electron chi connectivity index (χ3n) is 4.53. The molecule has 0 aliphatic heterocycles. The van der Waals surface area contributed by atoms with Gasteiger partial charge in [-0.25, -0.2) is 4.98 Å². The van der Waals surface area contributed by atoms with E-state index in [1.165, 1.54) is 24.0 Å². The Labute approximate surface area is 126 Å². The molecule has 1 N–H and O–H groups in total. The first-order valence-corrected chi connectivity index (χ1v) is 7.72. The van der Waals surface area contributed by atoms with Crippen LogP contribution in [0, 0.1) is 5.41 Å². The van der Waals surface area contributed by atoms with Gasteiger partial charge < -0.3 is 5.32 Å². The minimum atomic E-state index is 0.284. The van der Waals surface area contributed by atoms with Gasteiger partial charge in [-0.2, -0.15) is 5.10 Å². The molecule has 0 saturated heterocycles. The normalized spacial score (nSPS) is 20.2. The van der Waals surface area contributed by atoms with Gasteiger partial charge in [-0.15, -0.1) is 0 Å². The summed E-state index contributed by atoms with van der Waals surface area (Å²) in [5.41, 5.74) is 3.24. The summed E-state index contributed by atoms with van der Waals surface area (Å²) >= 11 is 0. The van der Waals surface area contributed by atoms with E-state index in [1.54, 1.807) is 11.0 Å². The fraction of sp³-hybridized carbons (Fsp3) is 0.529. The number of nitrogens with zero attached hydrogens (tertiary/aromatic N) is 3. The van der Waals surface area contributed by atoms with Crippen LogP contribution in [-0.2, 0) is 19.9 Å². The van der Waals surface area contributed by atoms with E-state index in [4.69, 9.17) is 0 Å². The molecule has 4 nitrogen and oxygen atoms in total. The maximum absolute atomic E-state index is 4.34. The lowest BCUT2D eigenvalue weighted by atomic mass is 9.70. The van der Waals surface area contributed by atoms with E-state index in [0.29, 0.717) is 6.04 Å². The van der Waals surface area contributed by atoms with Gasteiger partial charge in [0.05, 0.1) is 0 Å². The highest BCUT2D eigenvalue weighted by Gasteiger charge is 2.35. The maximum Gasteiger partial charge on any atom is 0.151 e. The first-order chi connectivity index (χ1) is 10.1. The number of benzene rings is 1. The molecule has 0 saturated carbocycles. The van der Waals surface area contributed by atoms with Gasteiger partial charge in [-0.3, -0.25) is 4.68 Å². The van der Waals surface area contributed by atoms with Crippen molar-refractivity contribution in [2.24, 2.45) is 12.5 Å². The summed E-state index contributed by atoms with van der Waals surface area (Å²) in [6.45, 7) is 5.63. The Morgan fingerprint density at radius 2 is 2.14 bits per heavy atom. The highest BCUT2D eigenvalue weighted by molar-refractivity contribution is 5.34. The first kappa shape index (κ1) is 14.3. The number of rotatable bonds is 4. The van der Waals surface area contributed by atoms with Crippen molar-refractivity contribution in [2.75, 3.05) is 6.54 Å². The lowest BCUT2D eigenvalue weighted by molar-refractivity contribution is 0.210. The number of aromatic nitrogens is 3. The molecule has 0 bridgehead atoms. The van der Waals surface area contributed by atoms with Gasteiger partial charge in [-0.1, -0.05) is 38.1 Å². The van der Waals surface area contributed by atoms with Crippen molar-refractivity contribution in [1.82, 2.24) is 20.1 Å². The molecular formula is C17H24N4. The van der Waals surface area contributed by atoms with Crippen LogP contribution in [0.2, 0.25) is 0 Å². The molecule has 0 amide bonds. The van der Waals surface area contributed by atoms with Crippen LogP contribution in [0.1, 0.15) is 43.3 Å². The second-order valence-corrected chi connectivity index (χ2v) is 6.66. The SMILES string of the molecule is Cn1cnc(CCNC2c3ccccc3CCC2(C)C)n1. The highest BCUT2D eigenvalue weighted by Crippen LogP contribution is 2.43. The summed E-state index contributed by atoms with van der Waals surface area (Å²) < 4.78 is 1.76. The maximum atomic E-state index is 4.34. The number of hydrogen-bond donors (Lipinski definition) is 1. The fourth-order valence-corrected chi connectivity index (χ4v) is 3.28. The van der Waals surface area contributed by atoms with Gasteiger partial charge in [0.1, 0.15) is 6.33 Å². The van der Waals surface area contributed by atoms with E-state index in [1.807, 2.05) is 7.05 Å². The van der Waals surface area contributed by atoms with Gasteiger partial charge in [-0.05, 0) is 29.4 Å². The van der Waals surface area contributed by atoms with Crippen LogP contribution in [0.4, 0.5) is 0 Å². The van der Waals surface area contributed by atoms with Gasteiger partial charge >= 0.3 is 0 Å². The van der Waals surface area contributed by atoms with Gasteiger partial charge in [0, 0.05) is 26.1 Å². The van der Waals surface area contributed by atoms with E-state index >= 15 is 0 Å². The van der Waals surface area contributed by atoms with E-state index in [9.17, 15) is 0 Å². The molecule has 0 fully saturated rings. The monoisotopic (exact) mass is 284 g/mol. The Bertz CT molecular complexity index is 615. The van der Waals surface area contributed by atoms with E-state index in [0.717, 1.165) is 18.8 Å². The summed E-state index contributed by atoms with van der Waals surface area (Å²) in [4.78, 5) is 4.29. The van der Waals surface area contributed by atoms with E-state index in [2.05, 4.69) is 53.5 Å². The van der Waals surface area contributed by atoms with Crippen molar-refractivity contribution < 1.29 is 0 Å². The van der Waals surface area contributed by atoms with Crippen LogP contribution >= 0.6 is 0 Å². The Kier molecular flexibility index (Phi) is 3.81. The topological polar surface area (TPSA) is 42.7 Å². The second kappa shape index (κ2) is 5.60. The molecule has 1 heterocycles. The Morgan fingerprint density at radius 3 is 2.90 bits per heavy atom. The summed E-state index contributed by atoms with van der Waals surface area (Å²) in [5.74, 6) is 0.909. The van der Waals surface area contributed by atoms with Crippen molar-refractivity contribution in [3.63, 3.8) is 0 Å². The number of aryl methyl sites for hydroxylation is 2. The van der Waals surface area contributed by atoms with Crippen LogP contribution in [0.5, 0.6) is 0 Å². The predicted octanol–water partition coefficient (Wildman–Crippen LogP) is 2.66. The third kappa shape index (κ3) is 3.00. The molecule has 3 rings (SSSR count). The first-order valence-electron chi connectivity index (χ1n) is 7.72. The molecule has 0 radical (unpaired) electrons. The minimum Gasteiger partial charge on any atom is -0.309 e. The molecule has 1 aliphatic rings. The molecule has 0 spiro atoms. The number of fused-ring (bicyclic) bond motifs is 1. The molecule has 1 aliphatic carbocycles. The second-order valence-electron chi connectivity index (χ2n) is 6.66.